The van der Waals surface area contributed by atoms with Crippen LogP contribution in [0.5, 0.6) is 0 Å². The fourth-order valence-corrected chi connectivity index (χ4v) is 3.91. The molecule has 0 saturated carbocycles. The number of anilines is 2. The lowest BCUT2D eigenvalue weighted by molar-refractivity contribution is -0.0802. The van der Waals surface area contributed by atoms with E-state index in [1.165, 1.54) is 0 Å². The molecule has 3 aliphatic rings. The molecule has 0 atom stereocenters. The molecule has 26 heavy (non-hydrogen) atoms. The predicted molar refractivity (Wildman–Crippen MR) is 98.7 cm³/mol. The van der Waals surface area contributed by atoms with Crippen molar-refractivity contribution in [1.82, 2.24) is 15.1 Å². The molecule has 8 nitrogen and oxygen atoms in total. The minimum absolute atomic E-state index is 0.583. The minimum Gasteiger partial charge on any atom is -0.388 e. The highest BCUT2D eigenvalue weighted by atomic mass is 16.5. The summed E-state index contributed by atoms with van der Waals surface area (Å²) in [6.45, 7) is 9.05. The minimum atomic E-state index is -0.583. The summed E-state index contributed by atoms with van der Waals surface area (Å²) in [7, 11) is 0. The van der Waals surface area contributed by atoms with E-state index in [9.17, 15) is 5.11 Å². The Morgan fingerprint density at radius 2 is 1.35 bits per heavy atom. The summed E-state index contributed by atoms with van der Waals surface area (Å²) in [6.07, 6.45) is 1.48. The molecule has 8 heteroatoms. The lowest BCUT2D eigenvalue weighted by Gasteiger charge is -2.41. The Morgan fingerprint density at radius 3 is 1.92 bits per heavy atom. The maximum absolute atomic E-state index is 10.7. The number of nitrogens with zero attached hydrogens (tertiary/aromatic N) is 5. The molecule has 0 aromatic carbocycles. The van der Waals surface area contributed by atoms with Gasteiger partial charge in [0, 0.05) is 71.9 Å². The second kappa shape index (κ2) is 8.04. The molecular formula is C18H29N5O3. The van der Waals surface area contributed by atoms with Gasteiger partial charge in [0.25, 0.3) is 0 Å². The largest absolute Gasteiger partial charge is 0.388 e. The lowest BCUT2D eigenvalue weighted by Crippen LogP contribution is -2.53. The molecule has 0 spiro atoms. The van der Waals surface area contributed by atoms with Crippen molar-refractivity contribution in [3.63, 3.8) is 0 Å². The van der Waals surface area contributed by atoms with E-state index >= 15 is 0 Å². The van der Waals surface area contributed by atoms with Crippen molar-refractivity contribution in [2.24, 2.45) is 0 Å². The number of hydrogen-bond donors (Lipinski definition) is 1. The maximum Gasteiger partial charge on any atom is 0.151 e. The predicted octanol–water partition coefficient (Wildman–Crippen LogP) is -0.0233. The number of piperazine rings is 1. The van der Waals surface area contributed by atoms with E-state index in [0.29, 0.717) is 13.2 Å². The highest BCUT2D eigenvalue weighted by Crippen LogP contribution is 2.23. The Hall–Kier alpha value is -1.48. The van der Waals surface area contributed by atoms with E-state index in [1.54, 1.807) is 0 Å². The Balaban J connectivity index is 1.29. The molecule has 0 amide bonds. The first-order valence-electron chi connectivity index (χ1n) is 9.66. The summed E-state index contributed by atoms with van der Waals surface area (Å²) in [5.41, 5.74) is -0.583. The third-order valence-electron chi connectivity index (χ3n) is 5.61. The van der Waals surface area contributed by atoms with Crippen LogP contribution in [0.25, 0.3) is 0 Å². The summed E-state index contributed by atoms with van der Waals surface area (Å²) in [4.78, 5) is 6.85. The van der Waals surface area contributed by atoms with Gasteiger partial charge in [-0.05, 0) is 12.1 Å². The molecule has 144 valence electrons. The molecule has 0 unspecified atom stereocenters. The number of rotatable bonds is 4. The second-order valence-electron chi connectivity index (χ2n) is 7.45. The zero-order chi connectivity index (χ0) is 17.8. The van der Waals surface area contributed by atoms with Crippen molar-refractivity contribution >= 4 is 11.6 Å². The normalized spacial score (nSPS) is 24.7. The fraction of sp³-hybridized carbons (Fsp3) is 0.778. The Bertz CT molecular complexity index is 565. The summed E-state index contributed by atoms with van der Waals surface area (Å²) in [6, 6.07) is 4.13. The Kier molecular flexibility index (Phi) is 5.54. The fourth-order valence-electron chi connectivity index (χ4n) is 3.91. The van der Waals surface area contributed by atoms with Crippen molar-refractivity contribution in [3.05, 3.63) is 12.1 Å². The van der Waals surface area contributed by atoms with E-state index in [2.05, 4.69) is 37.0 Å². The van der Waals surface area contributed by atoms with Crippen molar-refractivity contribution in [2.45, 2.75) is 18.4 Å². The number of β-amino-alcohol motifs (C(OH)–C–C–N with tert-alkyl or cyclic N) is 1. The molecule has 3 fully saturated rings. The van der Waals surface area contributed by atoms with Gasteiger partial charge in [-0.1, -0.05) is 0 Å². The molecule has 3 saturated heterocycles. The number of hydrogen-bond acceptors (Lipinski definition) is 8. The van der Waals surface area contributed by atoms with Gasteiger partial charge in [-0.3, -0.25) is 4.90 Å². The molecule has 1 aromatic rings. The lowest BCUT2D eigenvalue weighted by atomic mass is 9.93. The van der Waals surface area contributed by atoms with Crippen molar-refractivity contribution in [3.8, 4) is 0 Å². The average molecular weight is 363 g/mol. The highest BCUT2D eigenvalue weighted by molar-refractivity contribution is 5.45. The van der Waals surface area contributed by atoms with Crippen molar-refractivity contribution in [1.29, 1.82) is 0 Å². The van der Waals surface area contributed by atoms with Crippen LogP contribution in [0, 0.1) is 0 Å². The van der Waals surface area contributed by atoms with Gasteiger partial charge in [0.1, 0.15) is 0 Å². The third-order valence-corrected chi connectivity index (χ3v) is 5.61. The molecule has 0 radical (unpaired) electrons. The molecule has 4 rings (SSSR count). The number of aromatic nitrogens is 2. The van der Waals surface area contributed by atoms with Crippen LogP contribution in [0.15, 0.2) is 12.1 Å². The van der Waals surface area contributed by atoms with Crippen LogP contribution >= 0.6 is 0 Å². The zero-order valence-corrected chi connectivity index (χ0v) is 15.3. The van der Waals surface area contributed by atoms with Crippen LogP contribution < -0.4 is 9.80 Å². The molecule has 4 heterocycles. The summed E-state index contributed by atoms with van der Waals surface area (Å²) in [5, 5.41) is 19.5. The Morgan fingerprint density at radius 1 is 0.808 bits per heavy atom. The van der Waals surface area contributed by atoms with Gasteiger partial charge < -0.3 is 24.4 Å². The maximum atomic E-state index is 10.7. The van der Waals surface area contributed by atoms with Crippen molar-refractivity contribution < 1.29 is 14.6 Å². The molecule has 0 aliphatic carbocycles. The standard InChI is InChI=1S/C18H29N5O3/c24-18(3-11-25-12-4-18)15-21-5-7-22(8-6-21)16-1-2-17(20-19-16)23-9-13-26-14-10-23/h1-2,24H,3-15H2. The highest BCUT2D eigenvalue weighted by Gasteiger charge is 2.33. The first-order chi connectivity index (χ1) is 12.7. The van der Waals surface area contributed by atoms with E-state index in [1.807, 2.05) is 0 Å². The number of ether oxygens (including phenoxy) is 2. The van der Waals surface area contributed by atoms with E-state index in [4.69, 9.17) is 9.47 Å². The molecular weight excluding hydrogens is 334 g/mol. The first-order valence-corrected chi connectivity index (χ1v) is 9.66. The van der Waals surface area contributed by atoms with Crippen LogP contribution in [0.2, 0.25) is 0 Å². The third kappa shape index (κ3) is 4.25. The summed E-state index contributed by atoms with van der Waals surface area (Å²) in [5.74, 6) is 1.86. The number of morpholine rings is 1. The molecule has 1 N–H and O–H groups in total. The first kappa shape index (κ1) is 17.9. The monoisotopic (exact) mass is 363 g/mol. The SMILES string of the molecule is OC1(CN2CCN(c3ccc(N4CCOCC4)nn3)CC2)CCOCC1. The van der Waals surface area contributed by atoms with Crippen LogP contribution in [-0.2, 0) is 9.47 Å². The van der Waals surface area contributed by atoms with Gasteiger partial charge in [0.15, 0.2) is 11.6 Å². The van der Waals surface area contributed by atoms with Gasteiger partial charge in [-0.15, -0.1) is 10.2 Å². The van der Waals surface area contributed by atoms with E-state index in [-0.39, 0.29) is 0 Å². The average Bonchev–Trinajstić information content (AvgIpc) is 2.70. The van der Waals surface area contributed by atoms with Gasteiger partial charge in [0.2, 0.25) is 0 Å². The zero-order valence-electron chi connectivity index (χ0n) is 15.3. The van der Waals surface area contributed by atoms with Crippen LogP contribution in [-0.4, -0.2) is 98.0 Å². The van der Waals surface area contributed by atoms with Crippen molar-refractivity contribution in [2.75, 3.05) is 82.0 Å². The quantitative estimate of drug-likeness (QED) is 0.800. The van der Waals surface area contributed by atoms with Gasteiger partial charge in [-0.25, -0.2) is 0 Å². The topological polar surface area (TPSA) is 74.2 Å². The van der Waals surface area contributed by atoms with Gasteiger partial charge in [0.05, 0.1) is 18.8 Å². The smallest absolute Gasteiger partial charge is 0.151 e. The van der Waals surface area contributed by atoms with E-state index in [0.717, 1.165) is 83.5 Å². The van der Waals surface area contributed by atoms with Crippen LogP contribution in [0.4, 0.5) is 11.6 Å². The molecule has 3 aliphatic heterocycles. The summed E-state index contributed by atoms with van der Waals surface area (Å²) >= 11 is 0. The molecule has 0 bridgehead atoms. The van der Waals surface area contributed by atoms with Gasteiger partial charge in [-0.2, -0.15) is 0 Å². The van der Waals surface area contributed by atoms with Gasteiger partial charge >= 0.3 is 0 Å². The Labute approximate surface area is 154 Å². The number of aliphatic hydroxyl groups is 1. The van der Waals surface area contributed by atoms with Crippen LogP contribution in [0.3, 0.4) is 0 Å². The molecule has 1 aromatic heterocycles. The van der Waals surface area contributed by atoms with Crippen LogP contribution in [0.1, 0.15) is 12.8 Å². The van der Waals surface area contributed by atoms with E-state index < -0.39 is 5.60 Å². The second-order valence-corrected chi connectivity index (χ2v) is 7.45. The summed E-state index contributed by atoms with van der Waals surface area (Å²) < 4.78 is 10.8.